The smallest absolute Gasteiger partial charge is 0.497 e. The highest BCUT2D eigenvalue weighted by molar-refractivity contribution is 5.64. The summed E-state index contributed by atoms with van der Waals surface area (Å²) in [5.41, 5.74) is -0.789. The van der Waals surface area contributed by atoms with Crippen LogP contribution in [0.5, 0.6) is 11.5 Å². The summed E-state index contributed by atoms with van der Waals surface area (Å²) in [4.78, 5) is 11.8. The zero-order valence-electron chi connectivity index (χ0n) is 12.4. The first-order valence-corrected chi connectivity index (χ1v) is 6.20. The van der Waals surface area contributed by atoms with E-state index >= 15 is 0 Å². The second-order valence-electron chi connectivity index (χ2n) is 5.89. The molecule has 4 heteroatoms. The minimum atomic E-state index is -0.704. The van der Waals surface area contributed by atoms with Crippen molar-refractivity contribution < 1.29 is 19.0 Å². The van der Waals surface area contributed by atoms with Crippen molar-refractivity contribution in [3.63, 3.8) is 0 Å². The fourth-order valence-electron chi connectivity index (χ4n) is 1.12. The molecule has 0 aliphatic rings. The maximum absolute atomic E-state index is 11.8. The van der Waals surface area contributed by atoms with Crippen LogP contribution in [-0.2, 0) is 4.74 Å². The van der Waals surface area contributed by atoms with Gasteiger partial charge in [0.2, 0.25) is 0 Å². The molecule has 0 unspecified atom stereocenters. The minimum absolute atomic E-state index is 0.175. The van der Waals surface area contributed by atoms with Gasteiger partial charge in [-0.3, -0.25) is 0 Å². The molecule has 1 aromatic rings. The lowest BCUT2D eigenvalue weighted by molar-refractivity contribution is -0.0572. The van der Waals surface area contributed by atoms with E-state index < -0.39 is 11.8 Å². The average Bonchev–Trinajstić information content (AvgIpc) is 2.27. The molecule has 19 heavy (non-hydrogen) atoms. The largest absolute Gasteiger partial charge is 0.514 e. The van der Waals surface area contributed by atoms with Gasteiger partial charge in [0.25, 0.3) is 0 Å². The number of ether oxygens (including phenoxy) is 3. The van der Waals surface area contributed by atoms with Gasteiger partial charge in [-0.2, -0.15) is 0 Å². The summed E-state index contributed by atoms with van der Waals surface area (Å²) in [6.45, 7) is 9.75. The molecular weight excluding hydrogens is 244 g/mol. The van der Waals surface area contributed by atoms with E-state index in [9.17, 15) is 4.79 Å². The molecule has 0 saturated heterocycles. The van der Waals surface area contributed by atoms with Crippen LogP contribution in [0.15, 0.2) is 24.3 Å². The van der Waals surface area contributed by atoms with E-state index in [1.165, 1.54) is 0 Å². The number of rotatable bonds is 3. The molecule has 0 aliphatic carbocycles. The Hall–Kier alpha value is -1.71. The van der Waals surface area contributed by atoms with Gasteiger partial charge < -0.3 is 14.2 Å². The van der Waals surface area contributed by atoms with Gasteiger partial charge in [-0.1, -0.05) is 20.8 Å². The molecule has 106 valence electrons. The van der Waals surface area contributed by atoms with E-state index in [2.05, 4.69) is 0 Å². The molecule has 1 rings (SSSR count). The molecule has 4 nitrogen and oxygen atoms in total. The van der Waals surface area contributed by atoms with Crippen LogP contribution in [0, 0.1) is 5.41 Å². The summed E-state index contributed by atoms with van der Waals surface area (Å²) < 4.78 is 15.5. The Labute approximate surface area is 114 Å². The van der Waals surface area contributed by atoms with Crippen LogP contribution >= 0.6 is 0 Å². The molecule has 0 fully saturated rings. The Bertz CT molecular complexity index is 426. The van der Waals surface area contributed by atoms with Crippen molar-refractivity contribution in [2.45, 2.75) is 40.2 Å². The zero-order chi connectivity index (χ0) is 14.7. The van der Waals surface area contributed by atoms with Crippen molar-refractivity contribution in [3.05, 3.63) is 24.3 Å². The van der Waals surface area contributed by atoms with Crippen LogP contribution < -0.4 is 9.47 Å². The van der Waals surface area contributed by atoms with E-state index in [1.807, 2.05) is 34.6 Å². The van der Waals surface area contributed by atoms with Crippen molar-refractivity contribution >= 4 is 6.16 Å². The quantitative estimate of drug-likeness (QED) is 0.612. The first kappa shape index (κ1) is 15.3. The molecular formula is C15H22O4. The molecule has 0 aliphatic heterocycles. The molecule has 0 radical (unpaired) electrons. The van der Waals surface area contributed by atoms with Gasteiger partial charge in [-0.05, 0) is 38.1 Å². The highest BCUT2D eigenvalue weighted by Gasteiger charge is 2.37. The van der Waals surface area contributed by atoms with Crippen LogP contribution in [0.25, 0.3) is 0 Å². The summed E-state index contributed by atoms with van der Waals surface area (Å²) in [7, 11) is 1.58. The van der Waals surface area contributed by atoms with Crippen LogP contribution in [-0.4, -0.2) is 18.9 Å². The predicted molar refractivity (Wildman–Crippen MR) is 73.6 cm³/mol. The summed E-state index contributed by atoms with van der Waals surface area (Å²) in [6.07, 6.45) is -0.704. The summed E-state index contributed by atoms with van der Waals surface area (Å²) in [6, 6.07) is 6.75. The minimum Gasteiger partial charge on any atom is -0.497 e. The third-order valence-electron chi connectivity index (χ3n) is 3.41. The lowest BCUT2D eigenvalue weighted by Crippen LogP contribution is -2.41. The van der Waals surface area contributed by atoms with Gasteiger partial charge in [0.05, 0.1) is 7.11 Å². The van der Waals surface area contributed by atoms with Crippen molar-refractivity contribution in [1.82, 2.24) is 0 Å². The van der Waals surface area contributed by atoms with E-state index in [0.717, 1.165) is 0 Å². The van der Waals surface area contributed by atoms with Crippen LogP contribution in [0.3, 0.4) is 0 Å². The maximum atomic E-state index is 11.8. The summed E-state index contributed by atoms with van der Waals surface area (Å²) in [5, 5.41) is 0. The normalized spacial score (nSPS) is 11.9. The van der Waals surface area contributed by atoms with Crippen molar-refractivity contribution in [3.8, 4) is 11.5 Å². The van der Waals surface area contributed by atoms with Crippen molar-refractivity contribution in [2.24, 2.45) is 5.41 Å². The van der Waals surface area contributed by atoms with E-state index in [-0.39, 0.29) is 5.41 Å². The number of hydrogen-bond acceptors (Lipinski definition) is 4. The highest BCUT2D eigenvalue weighted by atomic mass is 16.7. The zero-order valence-corrected chi connectivity index (χ0v) is 12.4. The van der Waals surface area contributed by atoms with Crippen LogP contribution in [0.4, 0.5) is 4.79 Å². The van der Waals surface area contributed by atoms with E-state index in [4.69, 9.17) is 14.2 Å². The second-order valence-corrected chi connectivity index (χ2v) is 5.89. The third-order valence-corrected chi connectivity index (χ3v) is 3.41. The fraction of sp³-hybridized carbons (Fsp3) is 0.533. The lowest BCUT2D eigenvalue weighted by Gasteiger charge is -2.37. The van der Waals surface area contributed by atoms with E-state index in [0.29, 0.717) is 11.5 Å². The maximum Gasteiger partial charge on any atom is 0.514 e. The molecule has 0 heterocycles. The molecule has 0 spiro atoms. The Kier molecular flexibility index (Phi) is 4.45. The molecule has 1 aromatic carbocycles. The Morgan fingerprint density at radius 1 is 0.947 bits per heavy atom. The summed E-state index contributed by atoms with van der Waals surface area (Å²) in [5.74, 6) is 1.13. The highest BCUT2D eigenvalue weighted by Crippen LogP contribution is 2.33. The monoisotopic (exact) mass is 266 g/mol. The van der Waals surface area contributed by atoms with Crippen LogP contribution in [0.1, 0.15) is 34.6 Å². The van der Waals surface area contributed by atoms with Crippen LogP contribution in [0.2, 0.25) is 0 Å². The standard InChI is InChI=1S/C15H22O4/c1-14(2,3)15(4,5)19-13(16)18-12-9-7-11(17-6)8-10-12/h7-10H,1-6H3. The average molecular weight is 266 g/mol. The Morgan fingerprint density at radius 3 is 1.84 bits per heavy atom. The number of carbonyl (C=O) groups excluding carboxylic acids is 1. The van der Waals surface area contributed by atoms with Gasteiger partial charge in [-0.15, -0.1) is 0 Å². The molecule has 0 atom stereocenters. The molecule has 0 bridgehead atoms. The van der Waals surface area contributed by atoms with Crippen molar-refractivity contribution in [2.75, 3.05) is 7.11 Å². The van der Waals surface area contributed by atoms with Gasteiger partial charge in [0.1, 0.15) is 17.1 Å². The molecule has 0 amide bonds. The first-order chi connectivity index (χ1) is 8.65. The number of hydrogen-bond donors (Lipinski definition) is 0. The first-order valence-electron chi connectivity index (χ1n) is 6.20. The molecule has 0 aromatic heterocycles. The third kappa shape index (κ3) is 4.16. The number of benzene rings is 1. The lowest BCUT2D eigenvalue weighted by atomic mass is 9.79. The fourth-order valence-corrected chi connectivity index (χ4v) is 1.12. The number of methoxy groups -OCH3 is 1. The Morgan fingerprint density at radius 2 is 1.42 bits per heavy atom. The molecule has 0 N–H and O–H groups in total. The Balaban J connectivity index is 2.65. The SMILES string of the molecule is COc1ccc(OC(=O)OC(C)(C)C(C)(C)C)cc1. The predicted octanol–water partition coefficient (Wildman–Crippen LogP) is 4.04. The van der Waals surface area contributed by atoms with Gasteiger partial charge in [0, 0.05) is 5.41 Å². The van der Waals surface area contributed by atoms with Gasteiger partial charge in [-0.25, -0.2) is 4.79 Å². The van der Waals surface area contributed by atoms with Crippen molar-refractivity contribution in [1.29, 1.82) is 0 Å². The topological polar surface area (TPSA) is 44.8 Å². The number of carbonyl (C=O) groups is 1. The summed E-state index contributed by atoms with van der Waals surface area (Å²) >= 11 is 0. The van der Waals surface area contributed by atoms with Gasteiger partial charge in [0.15, 0.2) is 0 Å². The van der Waals surface area contributed by atoms with Gasteiger partial charge >= 0.3 is 6.16 Å². The second kappa shape index (κ2) is 5.51. The molecule has 0 saturated carbocycles. The van der Waals surface area contributed by atoms with E-state index in [1.54, 1.807) is 31.4 Å².